The van der Waals surface area contributed by atoms with E-state index in [0.29, 0.717) is 0 Å². The van der Waals surface area contributed by atoms with Crippen LogP contribution >= 0.6 is 0 Å². The normalized spacial score (nSPS) is 12.7. The van der Waals surface area contributed by atoms with Gasteiger partial charge in [0, 0.05) is 16.8 Å². The van der Waals surface area contributed by atoms with E-state index < -0.39 is 0 Å². The second kappa shape index (κ2) is 10.6. The van der Waals surface area contributed by atoms with Crippen molar-refractivity contribution < 1.29 is 0 Å². The van der Waals surface area contributed by atoms with Crippen molar-refractivity contribution in [3.8, 4) is 22.3 Å². The first kappa shape index (κ1) is 26.8. The molecular weight excluding hydrogens is 579 g/mol. The highest BCUT2D eigenvalue weighted by Gasteiger charge is 2.22. The van der Waals surface area contributed by atoms with Crippen LogP contribution in [0.2, 0.25) is 0 Å². The molecule has 0 unspecified atom stereocenters. The Hall–Kier alpha value is -6.40. The Morgan fingerprint density at radius 2 is 1.02 bits per heavy atom. The van der Waals surface area contributed by atoms with Crippen molar-refractivity contribution in [2.45, 2.75) is 0 Å². The first-order valence-electron chi connectivity index (χ1n) is 16.5. The summed E-state index contributed by atoms with van der Waals surface area (Å²) in [6, 6.07) is 61.9. The monoisotopic (exact) mass is 607 g/mol. The highest BCUT2D eigenvalue weighted by Crippen LogP contribution is 2.43. The molecule has 0 fully saturated rings. The summed E-state index contributed by atoms with van der Waals surface area (Å²) in [5, 5.41) is 10.4. The van der Waals surface area contributed by atoms with Crippen LogP contribution in [0.4, 0.5) is 11.4 Å². The molecule has 1 heterocycles. The predicted molar refractivity (Wildman–Crippen MR) is 205 cm³/mol. The van der Waals surface area contributed by atoms with Crippen molar-refractivity contribution in [1.82, 2.24) is 0 Å². The van der Waals surface area contributed by atoms with Crippen LogP contribution in [0.5, 0.6) is 0 Å². The number of benzene rings is 9. The average molecular weight is 608 g/mol. The highest BCUT2D eigenvalue weighted by atomic mass is 15.2. The van der Waals surface area contributed by atoms with E-state index in [1.54, 1.807) is 0 Å². The van der Waals surface area contributed by atoms with Crippen LogP contribution in [0.3, 0.4) is 0 Å². The molecule has 1 heteroatoms. The molecule has 1 aliphatic rings. The zero-order valence-corrected chi connectivity index (χ0v) is 26.2. The molecule has 48 heavy (non-hydrogen) atoms. The molecule has 0 N–H and O–H groups in total. The van der Waals surface area contributed by atoms with Crippen LogP contribution in [0.25, 0.3) is 77.1 Å². The lowest BCUT2D eigenvalue weighted by Crippen LogP contribution is -2.17. The van der Waals surface area contributed by atoms with E-state index in [2.05, 4.69) is 187 Å². The summed E-state index contributed by atoms with van der Waals surface area (Å²) in [5.41, 5.74) is 14.1. The van der Waals surface area contributed by atoms with Gasteiger partial charge >= 0.3 is 0 Å². The molecule has 0 saturated heterocycles. The van der Waals surface area contributed by atoms with Gasteiger partial charge in [0.1, 0.15) is 0 Å². The summed E-state index contributed by atoms with van der Waals surface area (Å²) in [6.45, 7) is 0. The fourth-order valence-corrected chi connectivity index (χ4v) is 7.61. The Kier molecular flexibility index (Phi) is 5.90. The fourth-order valence-electron chi connectivity index (χ4n) is 7.61. The first-order valence-corrected chi connectivity index (χ1v) is 16.5. The number of rotatable bonds is 4. The summed E-state index contributed by atoms with van der Waals surface area (Å²) >= 11 is 0. The Labute approximate surface area is 279 Å². The number of hydrogen-bond acceptors (Lipinski definition) is 1. The van der Waals surface area contributed by atoms with Crippen molar-refractivity contribution >= 4 is 66.2 Å². The van der Waals surface area contributed by atoms with Gasteiger partial charge in [-0.2, -0.15) is 0 Å². The van der Waals surface area contributed by atoms with Crippen LogP contribution in [0.15, 0.2) is 176 Å². The molecule has 0 aromatic heterocycles. The van der Waals surface area contributed by atoms with Gasteiger partial charge < -0.3 is 4.90 Å². The number of fused-ring (bicyclic) bond motifs is 2. The molecule has 10 rings (SSSR count). The lowest BCUT2D eigenvalue weighted by atomic mass is 9.90. The van der Waals surface area contributed by atoms with E-state index in [1.807, 2.05) is 0 Å². The molecule has 0 aliphatic carbocycles. The van der Waals surface area contributed by atoms with Gasteiger partial charge in [0.2, 0.25) is 0 Å². The molecule has 0 saturated carbocycles. The molecule has 0 atom stereocenters. The van der Waals surface area contributed by atoms with Crippen molar-refractivity contribution in [2.75, 3.05) is 4.90 Å². The van der Waals surface area contributed by atoms with Gasteiger partial charge in [0.15, 0.2) is 0 Å². The van der Waals surface area contributed by atoms with Gasteiger partial charge in [-0.3, -0.25) is 0 Å². The van der Waals surface area contributed by atoms with Crippen molar-refractivity contribution in [3.05, 3.63) is 187 Å². The quantitative estimate of drug-likeness (QED) is 0.142. The third kappa shape index (κ3) is 4.19. The lowest BCUT2D eigenvalue weighted by molar-refractivity contribution is 1.28. The summed E-state index contributed by atoms with van der Waals surface area (Å²) in [4.78, 5) is 2.35. The van der Waals surface area contributed by atoms with E-state index in [1.165, 1.54) is 65.3 Å². The molecular formula is C47H29N. The summed E-state index contributed by atoms with van der Waals surface area (Å²) in [5.74, 6) is 0. The molecule has 0 bridgehead atoms. The standard InChI is InChI=1S/C47H29N/c1-2-8-33(9-3-1)44-28-22-40-30-39(38-16-13-31-7-4-5-10-37(31)29-38)21-27-45(40)48(44)41-23-17-32(18-24-41)42-25-19-36-15-14-34-11-6-12-35-20-26-43(42)47(36)46(34)35/h1-27,29-30H. The summed E-state index contributed by atoms with van der Waals surface area (Å²) in [7, 11) is 0. The maximum atomic E-state index is 3.67. The number of nitrogens with zero attached hydrogens (tertiary/aromatic N) is 1. The van der Waals surface area contributed by atoms with Crippen LogP contribution < -0.4 is 4.90 Å². The first-order chi connectivity index (χ1) is 23.8. The van der Waals surface area contributed by atoms with E-state index >= 15 is 0 Å². The minimum Gasteiger partial charge on any atom is -0.303 e. The van der Waals surface area contributed by atoms with Crippen LogP contribution in [-0.4, -0.2) is 0 Å². The zero-order valence-electron chi connectivity index (χ0n) is 26.2. The Bertz CT molecular complexity index is 2730. The second-order valence-corrected chi connectivity index (χ2v) is 12.7. The topological polar surface area (TPSA) is 3.24 Å². The minimum absolute atomic E-state index is 1.04. The van der Waals surface area contributed by atoms with E-state index in [9.17, 15) is 0 Å². The molecule has 1 aliphatic heterocycles. The molecule has 9 aromatic rings. The second-order valence-electron chi connectivity index (χ2n) is 12.7. The molecule has 0 amide bonds. The van der Waals surface area contributed by atoms with Crippen LogP contribution in [0.1, 0.15) is 11.1 Å². The smallest absolute Gasteiger partial charge is 0.0964 e. The van der Waals surface area contributed by atoms with Gasteiger partial charge in [-0.1, -0.05) is 145 Å². The predicted octanol–water partition coefficient (Wildman–Crippen LogP) is 12.9. The van der Waals surface area contributed by atoms with E-state index in [4.69, 9.17) is 0 Å². The van der Waals surface area contributed by atoms with Gasteiger partial charge in [0.25, 0.3) is 0 Å². The minimum atomic E-state index is 1.04. The summed E-state index contributed by atoms with van der Waals surface area (Å²) < 4.78 is 0. The molecule has 222 valence electrons. The zero-order chi connectivity index (χ0) is 31.6. The molecule has 1 nitrogen and oxygen atoms in total. The fraction of sp³-hybridized carbons (Fsp3) is 0. The Balaban J connectivity index is 1.09. The van der Waals surface area contributed by atoms with Crippen LogP contribution in [-0.2, 0) is 0 Å². The third-order valence-corrected chi connectivity index (χ3v) is 9.95. The maximum Gasteiger partial charge on any atom is 0.0964 e. The molecule has 9 aromatic carbocycles. The van der Waals surface area contributed by atoms with Crippen LogP contribution in [0, 0.1) is 0 Å². The Morgan fingerprint density at radius 1 is 0.396 bits per heavy atom. The highest BCUT2D eigenvalue weighted by molar-refractivity contribution is 6.25. The summed E-state index contributed by atoms with van der Waals surface area (Å²) in [6.07, 6.45) is 2.14. The Morgan fingerprint density at radius 3 is 1.85 bits per heavy atom. The van der Waals surface area contributed by atoms with Gasteiger partial charge in [-0.25, -0.2) is 0 Å². The third-order valence-electron chi connectivity index (χ3n) is 9.95. The SMILES string of the molecule is C1=Cc2cc(-c3ccc4ccccc4c3)ccc2N(c2ccc(-c3ccc4ccc5cccc6ccc3c4c56)cc2)C=1c1ccccc1. The number of anilines is 2. The number of hydrogen-bond donors (Lipinski definition) is 0. The average Bonchev–Trinajstić information content (AvgIpc) is 3.16. The molecule has 0 radical (unpaired) electrons. The van der Waals surface area contributed by atoms with Gasteiger partial charge in [-0.05, 0) is 102 Å². The van der Waals surface area contributed by atoms with Crippen molar-refractivity contribution in [3.63, 3.8) is 0 Å². The van der Waals surface area contributed by atoms with E-state index in [0.717, 1.165) is 28.2 Å². The van der Waals surface area contributed by atoms with Gasteiger partial charge in [-0.15, -0.1) is 0 Å². The van der Waals surface area contributed by atoms with E-state index in [-0.39, 0.29) is 0 Å². The van der Waals surface area contributed by atoms with Gasteiger partial charge in [0.05, 0.1) is 11.4 Å². The molecule has 0 spiro atoms. The largest absolute Gasteiger partial charge is 0.303 e. The maximum absolute atomic E-state index is 3.67. The van der Waals surface area contributed by atoms with Crippen molar-refractivity contribution in [2.24, 2.45) is 0 Å². The van der Waals surface area contributed by atoms with Crippen molar-refractivity contribution in [1.29, 1.82) is 0 Å². The lowest BCUT2D eigenvalue weighted by Gasteiger charge is -2.30.